The maximum atomic E-state index is 6.40. The number of halogens is 1. The third kappa shape index (κ3) is 2.01. The molecule has 84 valence electrons. The Morgan fingerprint density at radius 2 is 1.82 bits per heavy atom. The van der Waals surface area contributed by atoms with Crippen LogP contribution in [0.1, 0.15) is 15.9 Å². The Hall–Kier alpha value is -1.52. The minimum absolute atomic E-state index is 0.239. The fraction of sp³-hybridized carbons (Fsp3) is 0.0833. The van der Waals surface area contributed by atoms with Gasteiger partial charge in [-0.25, -0.2) is 15.0 Å². The fourth-order valence-corrected chi connectivity index (χ4v) is 2.77. The van der Waals surface area contributed by atoms with Gasteiger partial charge in [-0.2, -0.15) is 0 Å². The predicted octanol–water partition coefficient (Wildman–Crippen LogP) is 3.41. The number of aromatic nitrogens is 3. The number of hydrogen-bond acceptors (Lipinski definition) is 4. The molecule has 0 aliphatic heterocycles. The molecule has 0 saturated heterocycles. The normalized spacial score (nSPS) is 12.8. The monoisotopic (exact) mass is 261 g/mol. The van der Waals surface area contributed by atoms with Gasteiger partial charge in [-0.1, -0.05) is 41.7 Å². The van der Waals surface area contributed by atoms with Crippen LogP contribution < -0.4 is 0 Å². The first-order valence-corrected chi connectivity index (χ1v) is 6.36. The van der Waals surface area contributed by atoms with E-state index in [1.165, 1.54) is 11.3 Å². The number of rotatable bonds is 2. The molecule has 0 bridgehead atoms. The average molecular weight is 262 g/mol. The van der Waals surface area contributed by atoms with Crippen LogP contribution in [0.3, 0.4) is 0 Å². The van der Waals surface area contributed by atoms with Gasteiger partial charge in [-0.3, -0.25) is 0 Å². The molecule has 0 aliphatic carbocycles. The van der Waals surface area contributed by atoms with Gasteiger partial charge >= 0.3 is 0 Å². The van der Waals surface area contributed by atoms with Crippen LogP contribution >= 0.6 is 22.9 Å². The first kappa shape index (κ1) is 10.6. The van der Waals surface area contributed by atoms with Crippen LogP contribution in [0.2, 0.25) is 0 Å². The maximum absolute atomic E-state index is 6.40. The van der Waals surface area contributed by atoms with Crippen molar-refractivity contribution in [2.24, 2.45) is 0 Å². The van der Waals surface area contributed by atoms with E-state index in [1.54, 1.807) is 12.4 Å². The summed E-state index contributed by atoms with van der Waals surface area (Å²) in [6.45, 7) is 0. The van der Waals surface area contributed by atoms with E-state index in [4.69, 9.17) is 11.6 Å². The molecule has 2 heterocycles. The summed E-state index contributed by atoms with van der Waals surface area (Å²) in [7, 11) is 0. The zero-order chi connectivity index (χ0) is 11.7. The third-order valence-electron chi connectivity index (χ3n) is 2.37. The summed E-state index contributed by atoms with van der Waals surface area (Å²) in [5, 5.41) is 0.594. The van der Waals surface area contributed by atoms with Gasteiger partial charge in [0.15, 0.2) is 10.5 Å². The van der Waals surface area contributed by atoms with Crippen molar-refractivity contribution in [3.8, 4) is 0 Å². The number of thiazole rings is 1. The predicted molar refractivity (Wildman–Crippen MR) is 69.3 cm³/mol. The van der Waals surface area contributed by atoms with Gasteiger partial charge in [-0.15, -0.1) is 11.6 Å². The Kier molecular flexibility index (Phi) is 2.74. The zero-order valence-electron chi connectivity index (χ0n) is 8.75. The molecule has 3 nitrogen and oxygen atoms in total. The molecule has 5 heteroatoms. The van der Waals surface area contributed by atoms with Gasteiger partial charge in [0, 0.05) is 12.4 Å². The second-order valence-electron chi connectivity index (χ2n) is 3.51. The van der Waals surface area contributed by atoms with Crippen LogP contribution in [0.25, 0.3) is 10.5 Å². The number of fused-ring (bicyclic) bond motifs is 1. The highest BCUT2D eigenvalue weighted by molar-refractivity contribution is 7.18. The minimum Gasteiger partial charge on any atom is -0.240 e. The molecule has 3 rings (SSSR count). The van der Waals surface area contributed by atoms with Crippen molar-refractivity contribution in [3.05, 3.63) is 53.3 Å². The van der Waals surface area contributed by atoms with E-state index in [9.17, 15) is 0 Å². The molecule has 17 heavy (non-hydrogen) atoms. The molecule has 0 spiro atoms. The van der Waals surface area contributed by atoms with E-state index < -0.39 is 0 Å². The third-order valence-corrected chi connectivity index (χ3v) is 3.98. The van der Waals surface area contributed by atoms with Crippen LogP contribution in [-0.4, -0.2) is 15.0 Å². The lowest BCUT2D eigenvalue weighted by molar-refractivity contribution is 1.10. The van der Waals surface area contributed by atoms with Crippen LogP contribution in [0.4, 0.5) is 0 Å². The molecule has 1 atom stereocenters. The molecule has 0 aliphatic rings. The van der Waals surface area contributed by atoms with Gasteiger partial charge in [0.05, 0.1) is 0 Å². The molecule has 1 unspecified atom stereocenters. The van der Waals surface area contributed by atoms with Crippen molar-refractivity contribution in [2.45, 2.75) is 5.38 Å². The highest BCUT2D eigenvalue weighted by atomic mass is 35.5. The highest BCUT2D eigenvalue weighted by Gasteiger charge is 2.16. The quantitative estimate of drug-likeness (QED) is 0.664. The molecule has 0 fully saturated rings. The van der Waals surface area contributed by atoms with Crippen molar-refractivity contribution in [2.75, 3.05) is 0 Å². The molecular formula is C12H8ClN3S. The molecule has 0 radical (unpaired) electrons. The molecule has 0 saturated carbocycles. The van der Waals surface area contributed by atoms with Gasteiger partial charge in [0.25, 0.3) is 0 Å². The van der Waals surface area contributed by atoms with E-state index >= 15 is 0 Å². The Labute approximate surface area is 107 Å². The molecule has 0 amide bonds. The summed E-state index contributed by atoms with van der Waals surface area (Å²) in [4.78, 5) is 13.6. The molecule has 0 N–H and O–H groups in total. The zero-order valence-corrected chi connectivity index (χ0v) is 10.3. The smallest absolute Gasteiger partial charge is 0.189 e. The van der Waals surface area contributed by atoms with Crippen molar-refractivity contribution in [1.82, 2.24) is 15.0 Å². The van der Waals surface area contributed by atoms with Crippen molar-refractivity contribution < 1.29 is 0 Å². The lowest BCUT2D eigenvalue weighted by Crippen LogP contribution is -1.91. The Bertz CT molecular complexity index is 605. The van der Waals surface area contributed by atoms with E-state index in [0.717, 1.165) is 15.4 Å². The minimum atomic E-state index is -0.239. The first-order chi connectivity index (χ1) is 8.34. The van der Waals surface area contributed by atoms with E-state index in [-0.39, 0.29) is 5.38 Å². The van der Waals surface area contributed by atoms with E-state index in [1.807, 2.05) is 30.3 Å². The number of alkyl halides is 1. The Morgan fingerprint density at radius 1 is 1.06 bits per heavy atom. The number of hydrogen-bond donors (Lipinski definition) is 0. The molecule has 2 aromatic heterocycles. The second-order valence-corrected chi connectivity index (χ2v) is 4.96. The summed E-state index contributed by atoms with van der Waals surface area (Å²) in [5.41, 5.74) is 1.70. The van der Waals surface area contributed by atoms with Crippen molar-refractivity contribution in [3.63, 3.8) is 0 Å². The number of nitrogens with zero attached hydrogens (tertiary/aromatic N) is 3. The summed E-state index contributed by atoms with van der Waals surface area (Å²) in [5.74, 6) is 0. The van der Waals surface area contributed by atoms with Gasteiger partial charge < -0.3 is 0 Å². The maximum Gasteiger partial charge on any atom is 0.189 e. The SMILES string of the molecule is ClC(c1ccccc1)c1nc2nccnc2s1. The summed E-state index contributed by atoms with van der Waals surface area (Å²) in [6, 6.07) is 9.88. The second kappa shape index (κ2) is 4.39. The fourth-order valence-electron chi connectivity index (χ4n) is 1.57. The standard InChI is InChI=1S/C12H8ClN3S/c13-9(8-4-2-1-3-5-8)11-16-10-12(17-11)15-7-6-14-10/h1-7,9H. The Balaban J connectivity index is 2.04. The van der Waals surface area contributed by atoms with E-state index in [2.05, 4.69) is 15.0 Å². The van der Waals surface area contributed by atoms with Gasteiger partial charge in [0.1, 0.15) is 10.4 Å². The van der Waals surface area contributed by atoms with Crippen LogP contribution in [0.15, 0.2) is 42.7 Å². The largest absolute Gasteiger partial charge is 0.240 e. The average Bonchev–Trinajstić information content (AvgIpc) is 2.82. The summed E-state index contributed by atoms with van der Waals surface area (Å²) in [6.07, 6.45) is 3.30. The van der Waals surface area contributed by atoms with Crippen LogP contribution in [-0.2, 0) is 0 Å². The van der Waals surface area contributed by atoms with E-state index in [0.29, 0.717) is 5.65 Å². The molecule has 3 aromatic rings. The van der Waals surface area contributed by atoms with Crippen molar-refractivity contribution >= 4 is 33.4 Å². The Morgan fingerprint density at radius 3 is 2.59 bits per heavy atom. The lowest BCUT2D eigenvalue weighted by Gasteiger charge is -2.04. The van der Waals surface area contributed by atoms with Gasteiger partial charge in [0.2, 0.25) is 0 Å². The topological polar surface area (TPSA) is 38.7 Å². The van der Waals surface area contributed by atoms with Crippen LogP contribution in [0, 0.1) is 0 Å². The molecule has 1 aromatic carbocycles. The highest BCUT2D eigenvalue weighted by Crippen LogP contribution is 2.32. The summed E-state index contributed by atoms with van der Waals surface area (Å²) < 4.78 is 0. The summed E-state index contributed by atoms with van der Waals surface area (Å²) >= 11 is 7.88. The number of benzene rings is 1. The van der Waals surface area contributed by atoms with Gasteiger partial charge in [-0.05, 0) is 5.56 Å². The first-order valence-electron chi connectivity index (χ1n) is 5.11. The lowest BCUT2D eigenvalue weighted by atomic mass is 10.1. The van der Waals surface area contributed by atoms with Crippen molar-refractivity contribution in [1.29, 1.82) is 0 Å². The molecular weight excluding hydrogens is 254 g/mol. The van der Waals surface area contributed by atoms with Crippen LogP contribution in [0.5, 0.6) is 0 Å².